The molecule has 0 unspecified atom stereocenters. The quantitative estimate of drug-likeness (QED) is 0.0791. The van der Waals surface area contributed by atoms with Crippen molar-refractivity contribution in [3.05, 3.63) is 235 Å². The number of aryl methyl sites for hydroxylation is 4. The number of nitrogens with zero attached hydrogens (tertiary/aromatic N) is 2. The van der Waals surface area contributed by atoms with E-state index in [0.29, 0.717) is 0 Å². The summed E-state index contributed by atoms with van der Waals surface area (Å²) in [4.78, 5) is 4.85. The van der Waals surface area contributed by atoms with E-state index in [-0.39, 0.29) is 0 Å². The topological polar surface area (TPSA) is 6.48 Å². The summed E-state index contributed by atoms with van der Waals surface area (Å²) in [5, 5.41) is 0. The Morgan fingerprint density at radius 1 is 0.373 bits per heavy atom. The van der Waals surface area contributed by atoms with Crippen molar-refractivity contribution in [2.75, 3.05) is 9.80 Å². The van der Waals surface area contributed by atoms with Gasteiger partial charge in [0.25, 0.3) is 0 Å². The van der Waals surface area contributed by atoms with Gasteiger partial charge in [-0.05, 0) is 181 Å². The summed E-state index contributed by atoms with van der Waals surface area (Å²) < 4.78 is 2.12. The van der Waals surface area contributed by atoms with Crippen molar-refractivity contribution in [1.82, 2.24) is 0 Å². The van der Waals surface area contributed by atoms with Crippen LogP contribution in [-0.2, 0) is 18.3 Å². The third kappa shape index (κ3) is 9.85. The van der Waals surface area contributed by atoms with Crippen LogP contribution >= 0.6 is 31.9 Å². The molecule has 8 aromatic rings. The summed E-state index contributed by atoms with van der Waals surface area (Å²) in [6.45, 7) is 8.92. The molecule has 4 heteroatoms. The van der Waals surface area contributed by atoms with Gasteiger partial charge in [0.15, 0.2) is 0 Å². The molecular formula is C63H62Br2N2. The van der Waals surface area contributed by atoms with Gasteiger partial charge in [0, 0.05) is 43.1 Å². The Kier molecular flexibility index (Phi) is 14.6. The molecule has 0 spiro atoms. The minimum absolute atomic E-state index is 0.632. The van der Waals surface area contributed by atoms with Crippen molar-refractivity contribution < 1.29 is 0 Å². The fraction of sp³-hybridized carbons (Fsp3) is 0.238. The molecule has 0 heterocycles. The van der Waals surface area contributed by atoms with Crippen LogP contribution in [0.3, 0.4) is 0 Å². The molecule has 0 bridgehead atoms. The molecule has 8 aromatic carbocycles. The molecule has 338 valence electrons. The van der Waals surface area contributed by atoms with E-state index in [1.165, 1.54) is 107 Å². The zero-order valence-electron chi connectivity index (χ0n) is 39.5. The number of unbranched alkanes of at least 4 members (excludes halogenated alkanes) is 6. The van der Waals surface area contributed by atoms with Crippen LogP contribution in [0.4, 0.5) is 34.1 Å². The summed E-state index contributed by atoms with van der Waals surface area (Å²) in [5.74, 6) is 0. The van der Waals surface area contributed by atoms with Crippen LogP contribution in [-0.4, -0.2) is 0 Å². The molecule has 9 rings (SSSR count). The molecule has 1 aliphatic carbocycles. The zero-order valence-corrected chi connectivity index (χ0v) is 42.7. The average molecular weight is 1010 g/mol. The Balaban J connectivity index is 1.33. The second kappa shape index (κ2) is 21.1. The summed E-state index contributed by atoms with van der Waals surface area (Å²) in [6.07, 6.45) is 12.0. The van der Waals surface area contributed by atoms with Gasteiger partial charge >= 0.3 is 0 Å². The number of anilines is 6. The van der Waals surface area contributed by atoms with Gasteiger partial charge in [-0.25, -0.2) is 0 Å². The Hall–Kier alpha value is -5.68. The highest BCUT2D eigenvalue weighted by Crippen LogP contribution is 2.59. The number of fused-ring (bicyclic) bond motifs is 3. The fourth-order valence-electron chi connectivity index (χ4n) is 10.3. The summed E-state index contributed by atoms with van der Waals surface area (Å²) in [6, 6.07) is 69.2. The van der Waals surface area contributed by atoms with E-state index in [1.54, 1.807) is 0 Å². The second-order valence-electron chi connectivity index (χ2n) is 18.5. The fourth-order valence-corrected chi connectivity index (χ4v) is 10.8. The summed E-state index contributed by atoms with van der Waals surface area (Å²) >= 11 is 7.45. The lowest BCUT2D eigenvalue weighted by atomic mass is 9.67. The maximum atomic E-state index is 3.73. The molecule has 2 nitrogen and oxygen atoms in total. The predicted molar refractivity (Wildman–Crippen MR) is 294 cm³/mol. The van der Waals surface area contributed by atoms with Gasteiger partial charge in [0.05, 0.1) is 5.41 Å². The van der Waals surface area contributed by atoms with Gasteiger partial charge < -0.3 is 9.80 Å². The normalized spacial score (nSPS) is 12.4. The van der Waals surface area contributed by atoms with E-state index in [9.17, 15) is 0 Å². The van der Waals surface area contributed by atoms with Gasteiger partial charge in [-0.15, -0.1) is 0 Å². The maximum Gasteiger partial charge on any atom is 0.0715 e. The Labute approximate surface area is 417 Å². The first-order chi connectivity index (χ1) is 32.8. The van der Waals surface area contributed by atoms with Crippen LogP contribution in [0.5, 0.6) is 0 Å². The number of halogens is 2. The van der Waals surface area contributed by atoms with Crippen molar-refractivity contribution in [3.63, 3.8) is 0 Å². The lowest BCUT2D eigenvalue weighted by molar-refractivity contribution is 0.664. The lowest BCUT2D eigenvalue weighted by Gasteiger charge is -2.36. The smallest absolute Gasteiger partial charge is 0.0715 e. The van der Waals surface area contributed by atoms with Gasteiger partial charge in [0.1, 0.15) is 0 Å². The van der Waals surface area contributed by atoms with E-state index in [4.69, 9.17) is 0 Å². The van der Waals surface area contributed by atoms with Crippen molar-refractivity contribution in [2.45, 2.75) is 97.3 Å². The van der Waals surface area contributed by atoms with Crippen molar-refractivity contribution in [3.8, 4) is 11.1 Å². The number of benzene rings is 8. The average Bonchev–Trinajstić information content (AvgIpc) is 3.64. The van der Waals surface area contributed by atoms with Gasteiger partial charge in [-0.2, -0.15) is 0 Å². The Bertz CT molecular complexity index is 2620. The minimum atomic E-state index is -0.632. The molecule has 0 fully saturated rings. The predicted octanol–water partition coefficient (Wildman–Crippen LogP) is 19.4. The largest absolute Gasteiger partial charge is 0.310 e. The van der Waals surface area contributed by atoms with Crippen LogP contribution in [0.1, 0.15) is 110 Å². The molecule has 67 heavy (non-hydrogen) atoms. The van der Waals surface area contributed by atoms with Gasteiger partial charge in [0.2, 0.25) is 0 Å². The molecule has 0 radical (unpaired) electrons. The first-order valence-electron chi connectivity index (χ1n) is 24.5. The molecule has 0 saturated carbocycles. The molecule has 0 aromatic heterocycles. The highest BCUT2D eigenvalue weighted by atomic mass is 79.9. The minimum Gasteiger partial charge on any atom is -0.310 e. The standard InChI is InChI=1S/C63H62Br2N2/c1-5-7-9-11-15-47-17-13-19-49(41-47)63(50-20-14-18-48(42-50)16-12-10-8-6-2)61-43-57(66(53-29-21-45(3)22-30-53)55-33-25-51(64)26-34-55)37-39-59(61)60-40-38-58(44-62(60)63)67(54-31-23-46(4)24-32-54)56-35-27-52(65)28-36-56/h13-14,17-44H,5-12,15-16H2,1-4H3. The summed E-state index contributed by atoms with van der Waals surface area (Å²) in [5.41, 5.74) is 19.2. The molecule has 0 amide bonds. The van der Waals surface area contributed by atoms with Crippen molar-refractivity contribution in [2.24, 2.45) is 0 Å². The number of hydrogen-bond donors (Lipinski definition) is 0. The van der Waals surface area contributed by atoms with Crippen molar-refractivity contribution in [1.29, 1.82) is 0 Å². The van der Waals surface area contributed by atoms with E-state index in [2.05, 4.69) is 251 Å². The SMILES string of the molecule is CCCCCCc1cccc(C2(c3cccc(CCCCCC)c3)c3cc(N(c4ccc(C)cc4)c4ccc(Br)cc4)ccc3-c3ccc(N(c4ccc(C)cc4)c4ccc(Br)cc4)cc32)c1. The van der Waals surface area contributed by atoms with Gasteiger partial charge in [-0.3, -0.25) is 0 Å². The maximum absolute atomic E-state index is 3.73. The monoisotopic (exact) mass is 1000 g/mol. The molecule has 1 aliphatic rings. The third-order valence-corrected chi connectivity index (χ3v) is 14.8. The molecule has 0 saturated heterocycles. The van der Waals surface area contributed by atoms with Crippen LogP contribution in [0.2, 0.25) is 0 Å². The van der Waals surface area contributed by atoms with Crippen molar-refractivity contribution >= 4 is 66.0 Å². The highest BCUT2D eigenvalue weighted by Gasteiger charge is 2.47. The van der Waals surface area contributed by atoms with Crippen LogP contribution in [0.25, 0.3) is 11.1 Å². The van der Waals surface area contributed by atoms with Crippen LogP contribution in [0.15, 0.2) is 191 Å². The Morgan fingerprint density at radius 3 is 1.10 bits per heavy atom. The first-order valence-corrected chi connectivity index (χ1v) is 26.1. The number of rotatable bonds is 18. The van der Waals surface area contributed by atoms with Crippen LogP contribution < -0.4 is 9.80 Å². The summed E-state index contributed by atoms with van der Waals surface area (Å²) in [7, 11) is 0. The van der Waals surface area contributed by atoms with E-state index < -0.39 is 5.41 Å². The molecular weight excluding hydrogens is 945 g/mol. The van der Waals surface area contributed by atoms with Crippen LogP contribution in [0, 0.1) is 13.8 Å². The zero-order chi connectivity index (χ0) is 46.3. The molecule has 0 aliphatic heterocycles. The Morgan fingerprint density at radius 2 is 0.731 bits per heavy atom. The highest BCUT2D eigenvalue weighted by molar-refractivity contribution is 9.10. The van der Waals surface area contributed by atoms with E-state index >= 15 is 0 Å². The lowest BCUT2D eigenvalue weighted by Crippen LogP contribution is -2.29. The van der Waals surface area contributed by atoms with E-state index in [0.717, 1.165) is 55.9 Å². The second-order valence-corrected chi connectivity index (χ2v) is 20.4. The van der Waals surface area contributed by atoms with Gasteiger partial charge in [-0.1, -0.05) is 180 Å². The van der Waals surface area contributed by atoms with E-state index in [1.807, 2.05) is 0 Å². The first kappa shape index (κ1) is 46.4. The third-order valence-electron chi connectivity index (χ3n) is 13.7. The molecule has 0 atom stereocenters. The number of hydrogen-bond acceptors (Lipinski definition) is 2. The molecule has 0 N–H and O–H groups in total.